The highest BCUT2D eigenvalue weighted by molar-refractivity contribution is 6.33. The Balaban J connectivity index is 1.83. The number of ketones is 2. The van der Waals surface area contributed by atoms with E-state index in [2.05, 4.69) is 0 Å². The molecule has 35 heavy (non-hydrogen) atoms. The number of rotatable bonds is 9. The van der Waals surface area contributed by atoms with Crippen molar-refractivity contribution in [3.05, 3.63) is 76.9 Å². The van der Waals surface area contributed by atoms with E-state index < -0.39 is 11.6 Å². The van der Waals surface area contributed by atoms with Crippen molar-refractivity contribution in [3.63, 3.8) is 0 Å². The third-order valence-electron chi connectivity index (χ3n) is 5.47. The second kappa shape index (κ2) is 10.2. The van der Waals surface area contributed by atoms with E-state index in [1.165, 1.54) is 34.5 Å². The first kappa shape index (κ1) is 23.7. The van der Waals surface area contributed by atoms with Gasteiger partial charge in [0.25, 0.3) is 0 Å². The van der Waals surface area contributed by atoms with Crippen LogP contribution in [0.15, 0.2) is 60.2 Å². The maximum Gasteiger partial charge on any atom is 0.231 e. The Hall–Kier alpha value is -4.46. The predicted molar refractivity (Wildman–Crippen MR) is 128 cm³/mol. The first-order valence-electron chi connectivity index (χ1n) is 10.6. The zero-order valence-corrected chi connectivity index (χ0v) is 19.7. The van der Waals surface area contributed by atoms with Crippen LogP contribution in [0.5, 0.6) is 34.5 Å². The second-order valence-electron chi connectivity index (χ2n) is 7.47. The molecule has 180 valence electrons. The molecule has 8 heteroatoms. The van der Waals surface area contributed by atoms with Crippen molar-refractivity contribution in [2.75, 3.05) is 35.2 Å². The number of carbonyl (C=O) groups excluding carboxylic acids is 2. The van der Waals surface area contributed by atoms with Crippen LogP contribution in [-0.2, 0) is 0 Å². The first-order chi connectivity index (χ1) is 17.0. The Morgan fingerprint density at radius 3 is 1.91 bits per heavy atom. The van der Waals surface area contributed by atoms with Gasteiger partial charge < -0.3 is 28.4 Å². The van der Waals surface area contributed by atoms with Gasteiger partial charge in [-0.25, -0.2) is 0 Å². The van der Waals surface area contributed by atoms with E-state index in [0.29, 0.717) is 45.6 Å². The van der Waals surface area contributed by atoms with Gasteiger partial charge in [-0.2, -0.15) is 0 Å². The number of allylic oxidation sites excluding steroid dienone is 1. The van der Waals surface area contributed by atoms with Gasteiger partial charge in [0, 0.05) is 11.1 Å². The Bertz CT molecular complexity index is 1270. The van der Waals surface area contributed by atoms with Crippen molar-refractivity contribution in [2.24, 2.45) is 0 Å². The molecule has 0 saturated heterocycles. The fourth-order valence-electron chi connectivity index (χ4n) is 3.68. The lowest BCUT2D eigenvalue weighted by molar-refractivity contribution is 0.0964. The van der Waals surface area contributed by atoms with Crippen LogP contribution in [0.1, 0.15) is 26.3 Å². The van der Waals surface area contributed by atoms with Gasteiger partial charge in [0.1, 0.15) is 5.75 Å². The number of hydrogen-bond donors (Lipinski definition) is 0. The smallest absolute Gasteiger partial charge is 0.231 e. The highest BCUT2D eigenvalue weighted by Crippen LogP contribution is 2.39. The summed E-state index contributed by atoms with van der Waals surface area (Å²) in [7, 11) is 6.02. The van der Waals surface area contributed by atoms with Gasteiger partial charge in [0.15, 0.2) is 34.6 Å². The molecule has 3 aromatic rings. The van der Waals surface area contributed by atoms with Crippen LogP contribution in [0.3, 0.4) is 0 Å². The molecule has 0 atom stereocenters. The largest absolute Gasteiger partial charge is 0.497 e. The molecule has 0 aromatic heterocycles. The van der Waals surface area contributed by atoms with Gasteiger partial charge >= 0.3 is 0 Å². The maximum absolute atomic E-state index is 13.6. The van der Waals surface area contributed by atoms with Gasteiger partial charge in [-0.1, -0.05) is 0 Å². The summed E-state index contributed by atoms with van der Waals surface area (Å²) in [5, 5.41) is 0. The highest BCUT2D eigenvalue weighted by atomic mass is 16.7. The summed E-state index contributed by atoms with van der Waals surface area (Å²) >= 11 is 0. The van der Waals surface area contributed by atoms with E-state index in [-0.39, 0.29) is 17.9 Å². The third-order valence-corrected chi connectivity index (χ3v) is 5.47. The summed E-state index contributed by atoms with van der Waals surface area (Å²) in [6.45, 7) is 0.0753. The molecule has 3 aromatic carbocycles. The molecule has 0 spiro atoms. The van der Waals surface area contributed by atoms with Gasteiger partial charge in [0.05, 0.1) is 34.0 Å². The van der Waals surface area contributed by atoms with Gasteiger partial charge in [-0.15, -0.1) is 0 Å². The molecule has 0 aliphatic carbocycles. The van der Waals surface area contributed by atoms with Gasteiger partial charge in [-0.05, 0) is 66.2 Å². The lowest BCUT2D eigenvalue weighted by Gasteiger charge is -2.14. The Morgan fingerprint density at radius 2 is 1.31 bits per heavy atom. The van der Waals surface area contributed by atoms with Gasteiger partial charge in [0.2, 0.25) is 12.5 Å². The van der Waals surface area contributed by atoms with Crippen LogP contribution in [-0.4, -0.2) is 46.8 Å². The molecule has 0 amide bonds. The SMILES string of the molecule is COc1ccc(C(=O)C(=Cc2cc(OC)c(OC)c(OC)c2)C(=O)c2ccc3c(c2)OCO3)cc1. The fraction of sp³-hybridized carbons (Fsp3) is 0.185. The molecule has 1 aliphatic heterocycles. The van der Waals surface area contributed by atoms with E-state index in [9.17, 15) is 9.59 Å². The molecule has 0 saturated carbocycles. The molecule has 8 nitrogen and oxygen atoms in total. The summed E-state index contributed by atoms with van der Waals surface area (Å²) in [5.41, 5.74) is 1.09. The maximum atomic E-state index is 13.6. The van der Waals surface area contributed by atoms with Crippen molar-refractivity contribution >= 4 is 17.6 Å². The molecule has 0 fully saturated rings. The number of benzene rings is 3. The van der Waals surface area contributed by atoms with Crippen LogP contribution in [0.25, 0.3) is 6.08 Å². The third kappa shape index (κ3) is 4.77. The van der Waals surface area contributed by atoms with E-state index in [1.807, 2.05) is 0 Å². The monoisotopic (exact) mass is 476 g/mol. The summed E-state index contributed by atoms with van der Waals surface area (Å²) in [5.74, 6) is 1.84. The quantitative estimate of drug-likeness (QED) is 0.192. The Kier molecular flexibility index (Phi) is 6.91. The normalized spacial score (nSPS) is 12.2. The van der Waals surface area contributed by atoms with E-state index in [4.69, 9.17) is 28.4 Å². The number of ether oxygens (including phenoxy) is 6. The lowest BCUT2D eigenvalue weighted by Crippen LogP contribution is -2.14. The number of methoxy groups -OCH3 is 4. The fourth-order valence-corrected chi connectivity index (χ4v) is 3.68. The van der Waals surface area contributed by atoms with E-state index >= 15 is 0 Å². The molecule has 4 rings (SSSR count). The molecular weight excluding hydrogens is 452 g/mol. The Labute approximate surface area is 202 Å². The average Bonchev–Trinajstić information content (AvgIpc) is 3.38. The number of Topliss-reactive ketones (excluding diaryl/α,β-unsaturated/α-hetero) is 2. The second-order valence-corrected chi connectivity index (χ2v) is 7.47. The number of carbonyl (C=O) groups is 2. The minimum Gasteiger partial charge on any atom is -0.497 e. The van der Waals surface area contributed by atoms with Crippen LogP contribution in [0.2, 0.25) is 0 Å². The summed E-state index contributed by atoms with van der Waals surface area (Å²) in [6.07, 6.45) is 1.50. The predicted octanol–water partition coefficient (Wildman–Crippen LogP) is 4.60. The van der Waals surface area contributed by atoms with E-state index in [1.54, 1.807) is 54.6 Å². The zero-order chi connectivity index (χ0) is 24.9. The van der Waals surface area contributed by atoms with E-state index in [0.717, 1.165) is 0 Å². The Morgan fingerprint density at radius 1 is 0.714 bits per heavy atom. The molecule has 1 heterocycles. The van der Waals surface area contributed by atoms with Crippen LogP contribution in [0, 0.1) is 0 Å². The molecule has 0 unspecified atom stereocenters. The standard InChI is InChI=1S/C27H24O8/c1-30-19-8-5-17(6-9-19)25(28)20(26(29)18-7-10-21-22(14-18)35-15-34-21)11-16-12-23(31-2)27(33-4)24(13-16)32-3/h5-14H,15H2,1-4H3. The molecule has 0 bridgehead atoms. The number of fused-ring (bicyclic) bond motifs is 1. The first-order valence-corrected chi connectivity index (χ1v) is 10.6. The van der Waals surface area contributed by atoms with Crippen LogP contribution >= 0.6 is 0 Å². The van der Waals surface area contributed by atoms with Gasteiger partial charge in [-0.3, -0.25) is 9.59 Å². The molecule has 1 aliphatic rings. The van der Waals surface area contributed by atoms with Crippen molar-refractivity contribution in [1.29, 1.82) is 0 Å². The summed E-state index contributed by atoms with van der Waals surface area (Å²) in [4.78, 5) is 27.2. The van der Waals surface area contributed by atoms with Crippen LogP contribution < -0.4 is 28.4 Å². The average molecular weight is 476 g/mol. The molecule has 0 N–H and O–H groups in total. The van der Waals surface area contributed by atoms with Crippen LogP contribution in [0.4, 0.5) is 0 Å². The minimum absolute atomic E-state index is 0.0525. The summed E-state index contributed by atoms with van der Waals surface area (Å²) in [6, 6.07) is 14.7. The minimum atomic E-state index is -0.474. The topological polar surface area (TPSA) is 89.5 Å². The van der Waals surface area contributed by atoms with Crippen molar-refractivity contribution in [2.45, 2.75) is 0 Å². The molecular formula is C27H24O8. The lowest BCUT2D eigenvalue weighted by atomic mass is 9.93. The molecule has 0 radical (unpaired) electrons. The van der Waals surface area contributed by atoms with Crippen molar-refractivity contribution in [3.8, 4) is 34.5 Å². The number of hydrogen-bond acceptors (Lipinski definition) is 8. The zero-order valence-electron chi connectivity index (χ0n) is 19.7. The van der Waals surface area contributed by atoms with Crippen molar-refractivity contribution in [1.82, 2.24) is 0 Å². The highest BCUT2D eigenvalue weighted by Gasteiger charge is 2.25. The van der Waals surface area contributed by atoms with Crippen molar-refractivity contribution < 1.29 is 38.0 Å². The summed E-state index contributed by atoms with van der Waals surface area (Å²) < 4.78 is 32.1.